The summed E-state index contributed by atoms with van der Waals surface area (Å²) in [6, 6.07) is 9.50. The van der Waals surface area contributed by atoms with Gasteiger partial charge in [0.1, 0.15) is 0 Å². The highest BCUT2D eigenvalue weighted by atomic mass is 79.9. The molecule has 1 saturated carbocycles. The molecule has 3 unspecified atom stereocenters. The van der Waals surface area contributed by atoms with Crippen LogP contribution in [0.1, 0.15) is 44.2 Å². The van der Waals surface area contributed by atoms with Gasteiger partial charge in [-0.05, 0) is 50.3 Å². The van der Waals surface area contributed by atoms with Crippen molar-refractivity contribution in [2.75, 3.05) is 7.11 Å². The Kier molecular flexibility index (Phi) is 5.22. The van der Waals surface area contributed by atoms with E-state index in [0.29, 0.717) is 18.2 Å². The highest BCUT2D eigenvalue weighted by Gasteiger charge is 2.22. The molecule has 1 aromatic rings. The monoisotopic (exact) mass is 311 g/mol. The van der Waals surface area contributed by atoms with Gasteiger partial charge in [-0.2, -0.15) is 0 Å². The highest BCUT2D eigenvalue weighted by Crippen LogP contribution is 2.24. The van der Waals surface area contributed by atoms with Crippen LogP contribution in [-0.4, -0.2) is 19.3 Å². The summed E-state index contributed by atoms with van der Waals surface area (Å²) in [7, 11) is 1.82. The van der Waals surface area contributed by atoms with Crippen LogP contribution in [-0.2, 0) is 4.74 Å². The molecule has 3 heteroatoms. The summed E-state index contributed by atoms with van der Waals surface area (Å²) < 4.78 is 6.63. The Balaban J connectivity index is 1.92. The molecule has 0 amide bonds. The van der Waals surface area contributed by atoms with Gasteiger partial charge in [0.15, 0.2) is 0 Å². The first-order chi connectivity index (χ1) is 8.69. The molecule has 1 N–H and O–H groups in total. The zero-order valence-corrected chi connectivity index (χ0v) is 12.7. The van der Waals surface area contributed by atoms with Crippen molar-refractivity contribution < 1.29 is 4.74 Å². The van der Waals surface area contributed by atoms with E-state index >= 15 is 0 Å². The lowest BCUT2D eigenvalue weighted by molar-refractivity contribution is 0.0572. The van der Waals surface area contributed by atoms with Gasteiger partial charge < -0.3 is 10.1 Å². The fourth-order valence-corrected chi connectivity index (χ4v) is 3.15. The fourth-order valence-electron chi connectivity index (χ4n) is 2.74. The van der Waals surface area contributed by atoms with E-state index in [1.54, 1.807) is 0 Å². The Morgan fingerprint density at radius 3 is 2.94 bits per heavy atom. The summed E-state index contributed by atoms with van der Waals surface area (Å²) in [5, 5.41) is 3.73. The van der Waals surface area contributed by atoms with E-state index in [0.717, 1.165) is 10.9 Å². The van der Waals surface area contributed by atoms with Crippen LogP contribution >= 0.6 is 15.9 Å². The van der Waals surface area contributed by atoms with Crippen LogP contribution in [0.4, 0.5) is 0 Å². The van der Waals surface area contributed by atoms with Crippen molar-refractivity contribution in [2.24, 2.45) is 0 Å². The van der Waals surface area contributed by atoms with Crippen LogP contribution in [0.5, 0.6) is 0 Å². The summed E-state index contributed by atoms with van der Waals surface area (Å²) in [5.74, 6) is 0. The highest BCUT2D eigenvalue weighted by molar-refractivity contribution is 9.10. The van der Waals surface area contributed by atoms with E-state index in [9.17, 15) is 0 Å². The van der Waals surface area contributed by atoms with Gasteiger partial charge >= 0.3 is 0 Å². The normalized spacial score (nSPS) is 25.9. The molecule has 2 rings (SSSR count). The third kappa shape index (κ3) is 3.81. The predicted molar refractivity (Wildman–Crippen MR) is 78.7 cm³/mol. The second-order valence-electron chi connectivity index (χ2n) is 5.16. The van der Waals surface area contributed by atoms with Gasteiger partial charge in [-0.15, -0.1) is 0 Å². The number of hydrogen-bond acceptors (Lipinski definition) is 2. The summed E-state index contributed by atoms with van der Waals surface area (Å²) in [5.41, 5.74) is 1.34. The second-order valence-corrected chi connectivity index (χ2v) is 6.08. The Labute approximate surface area is 118 Å². The molecule has 0 heterocycles. The van der Waals surface area contributed by atoms with Gasteiger partial charge in [-0.1, -0.05) is 28.1 Å². The number of halogens is 1. The van der Waals surface area contributed by atoms with E-state index in [1.165, 1.54) is 24.8 Å². The van der Waals surface area contributed by atoms with Crippen molar-refractivity contribution in [3.05, 3.63) is 34.3 Å². The molecular formula is C15H22BrNO. The molecule has 0 radical (unpaired) electrons. The molecule has 18 heavy (non-hydrogen) atoms. The third-order valence-electron chi connectivity index (χ3n) is 3.79. The van der Waals surface area contributed by atoms with Crippen molar-refractivity contribution in [1.82, 2.24) is 5.32 Å². The quantitative estimate of drug-likeness (QED) is 0.905. The Morgan fingerprint density at radius 1 is 1.39 bits per heavy atom. The first-order valence-corrected chi connectivity index (χ1v) is 7.52. The minimum Gasteiger partial charge on any atom is -0.381 e. The number of benzene rings is 1. The lowest BCUT2D eigenvalue weighted by Gasteiger charge is -2.31. The Hall–Kier alpha value is -0.380. The smallest absolute Gasteiger partial charge is 0.0586 e. The number of ether oxygens (including phenoxy) is 1. The first kappa shape index (κ1) is 14.0. The van der Waals surface area contributed by atoms with Crippen LogP contribution < -0.4 is 5.32 Å². The van der Waals surface area contributed by atoms with Gasteiger partial charge in [0.2, 0.25) is 0 Å². The molecule has 1 aliphatic rings. The van der Waals surface area contributed by atoms with E-state index in [2.05, 4.69) is 52.4 Å². The van der Waals surface area contributed by atoms with Crippen LogP contribution in [0.15, 0.2) is 28.7 Å². The topological polar surface area (TPSA) is 21.3 Å². The number of methoxy groups -OCH3 is 1. The van der Waals surface area contributed by atoms with Crippen LogP contribution in [0.25, 0.3) is 0 Å². The average Bonchev–Trinajstić information content (AvgIpc) is 2.39. The summed E-state index contributed by atoms with van der Waals surface area (Å²) >= 11 is 3.53. The van der Waals surface area contributed by atoms with Crippen molar-refractivity contribution >= 4 is 15.9 Å². The van der Waals surface area contributed by atoms with Crippen LogP contribution in [0.3, 0.4) is 0 Å². The second kappa shape index (κ2) is 6.69. The van der Waals surface area contributed by atoms with Crippen molar-refractivity contribution in [1.29, 1.82) is 0 Å². The molecule has 0 saturated heterocycles. The van der Waals surface area contributed by atoms with Gasteiger partial charge in [0.25, 0.3) is 0 Å². The molecule has 0 bridgehead atoms. The Bertz CT molecular complexity index is 383. The lowest BCUT2D eigenvalue weighted by Crippen LogP contribution is -2.38. The molecule has 1 aromatic carbocycles. The number of rotatable bonds is 4. The van der Waals surface area contributed by atoms with Gasteiger partial charge in [0, 0.05) is 23.7 Å². The number of nitrogens with one attached hydrogen (secondary N) is 1. The van der Waals surface area contributed by atoms with Crippen molar-refractivity contribution in [2.45, 2.75) is 50.8 Å². The average molecular weight is 312 g/mol. The maximum Gasteiger partial charge on any atom is 0.0586 e. The zero-order chi connectivity index (χ0) is 13.0. The Morgan fingerprint density at radius 2 is 2.22 bits per heavy atom. The molecule has 0 aliphatic heterocycles. The third-order valence-corrected chi connectivity index (χ3v) is 4.29. The molecule has 2 nitrogen and oxygen atoms in total. The molecular weight excluding hydrogens is 290 g/mol. The van der Waals surface area contributed by atoms with Crippen LogP contribution in [0.2, 0.25) is 0 Å². The van der Waals surface area contributed by atoms with Crippen LogP contribution in [0, 0.1) is 0 Å². The molecule has 100 valence electrons. The fraction of sp³-hybridized carbons (Fsp3) is 0.600. The van der Waals surface area contributed by atoms with Crippen molar-refractivity contribution in [3.8, 4) is 0 Å². The zero-order valence-electron chi connectivity index (χ0n) is 11.2. The first-order valence-electron chi connectivity index (χ1n) is 6.73. The SMILES string of the molecule is COC1CCCC(NC(C)c2cccc(Br)c2)C1. The molecule has 1 fully saturated rings. The van der Waals surface area contributed by atoms with Gasteiger partial charge in [-0.3, -0.25) is 0 Å². The predicted octanol–water partition coefficient (Wildman–Crippen LogP) is 4.06. The van der Waals surface area contributed by atoms with Gasteiger partial charge in [0.05, 0.1) is 6.10 Å². The maximum atomic E-state index is 5.48. The largest absolute Gasteiger partial charge is 0.381 e. The molecule has 0 aromatic heterocycles. The minimum atomic E-state index is 0.392. The van der Waals surface area contributed by atoms with Crippen molar-refractivity contribution in [3.63, 3.8) is 0 Å². The molecule has 1 aliphatic carbocycles. The number of hydrogen-bond donors (Lipinski definition) is 1. The molecule has 0 spiro atoms. The van der Waals surface area contributed by atoms with E-state index in [-0.39, 0.29) is 0 Å². The van der Waals surface area contributed by atoms with E-state index in [1.807, 2.05) is 7.11 Å². The van der Waals surface area contributed by atoms with E-state index < -0.39 is 0 Å². The summed E-state index contributed by atoms with van der Waals surface area (Å²) in [6.45, 7) is 2.23. The van der Waals surface area contributed by atoms with Gasteiger partial charge in [-0.25, -0.2) is 0 Å². The summed E-state index contributed by atoms with van der Waals surface area (Å²) in [6.07, 6.45) is 5.31. The maximum absolute atomic E-state index is 5.48. The summed E-state index contributed by atoms with van der Waals surface area (Å²) in [4.78, 5) is 0. The minimum absolute atomic E-state index is 0.392. The van der Waals surface area contributed by atoms with E-state index in [4.69, 9.17) is 4.74 Å². The standard InChI is InChI=1S/C15H22BrNO/c1-11(12-5-3-6-13(16)9-12)17-14-7-4-8-15(10-14)18-2/h3,5-6,9,11,14-15,17H,4,7-8,10H2,1-2H3. The lowest BCUT2D eigenvalue weighted by atomic mass is 9.92. The molecule has 3 atom stereocenters.